The smallest absolute Gasteiger partial charge is 0.312 e. The Morgan fingerprint density at radius 1 is 0.760 bits per heavy atom. The molecule has 0 fully saturated rings. The number of oxime groups is 1. The average Bonchev–Trinajstić information content (AvgIpc) is 2.70. The van der Waals surface area contributed by atoms with Gasteiger partial charge in [-0.05, 0) is 17.7 Å². The molecule has 1 atom stereocenters. The minimum atomic E-state index is -0.484. The average molecular weight is 394 g/mol. The van der Waals surface area contributed by atoms with Crippen LogP contribution in [0.4, 0.5) is 0 Å². The highest BCUT2D eigenvalue weighted by atomic mass is 79.9. The second kappa shape index (κ2) is 8.40. The summed E-state index contributed by atoms with van der Waals surface area (Å²) in [6.45, 7) is 0. The summed E-state index contributed by atoms with van der Waals surface area (Å²) < 4.78 is 0. The second-order valence-corrected chi connectivity index (χ2v) is 6.28. The van der Waals surface area contributed by atoms with Crippen LogP contribution in [0.3, 0.4) is 0 Å². The predicted octanol–water partition coefficient (Wildman–Crippen LogP) is 5.38. The zero-order valence-electron chi connectivity index (χ0n) is 13.4. The molecule has 0 bridgehead atoms. The summed E-state index contributed by atoms with van der Waals surface area (Å²) in [6.07, 6.45) is 0. The molecule has 3 rings (SSSR count). The van der Waals surface area contributed by atoms with E-state index in [1.54, 1.807) is 24.3 Å². The first-order valence-electron chi connectivity index (χ1n) is 7.84. The van der Waals surface area contributed by atoms with E-state index < -0.39 is 5.97 Å². The van der Waals surface area contributed by atoms with Crippen LogP contribution in [0.15, 0.2) is 96.2 Å². The first-order chi connectivity index (χ1) is 12.3. The molecule has 3 aromatic rings. The van der Waals surface area contributed by atoms with Gasteiger partial charge in [0, 0.05) is 5.56 Å². The van der Waals surface area contributed by atoms with Gasteiger partial charge in [0.25, 0.3) is 0 Å². The van der Waals surface area contributed by atoms with Crippen LogP contribution in [0.2, 0.25) is 0 Å². The second-order valence-electron chi connectivity index (χ2n) is 5.36. The number of hydrogen-bond donors (Lipinski definition) is 0. The zero-order chi connectivity index (χ0) is 17.5. The van der Waals surface area contributed by atoms with E-state index in [9.17, 15) is 4.79 Å². The van der Waals surface area contributed by atoms with E-state index in [-0.39, 0.29) is 4.83 Å². The van der Waals surface area contributed by atoms with Crippen molar-refractivity contribution in [1.29, 1.82) is 0 Å². The maximum Gasteiger partial charge on any atom is 0.365 e. The van der Waals surface area contributed by atoms with Gasteiger partial charge in [-0.25, -0.2) is 4.79 Å². The maximum absolute atomic E-state index is 12.2. The van der Waals surface area contributed by atoms with Crippen LogP contribution in [0.1, 0.15) is 26.3 Å². The molecule has 0 saturated heterocycles. The third-order valence-corrected chi connectivity index (χ3v) is 4.60. The van der Waals surface area contributed by atoms with E-state index in [1.165, 1.54) is 0 Å². The molecule has 0 aliphatic rings. The molecule has 0 aromatic heterocycles. The Bertz CT molecular complexity index is 849. The van der Waals surface area contributed by atoms with Gasteiger partial charge in [-0.15, -0.1) is 0 Å². The fourth-order valence-corrected chi connectivity index (χ4v) is 3.00. The topological polar surface area (TPSA) is 38.7 Å². The molecule has 0 N–H and O–H groups in total. The van der Waals surface area contributed by atoms with Crippen molar-refractivity contribution in [3.63, 3.8) is 0 Å². The van der Waals surface area contributed by atoms with Gasteiger partial charge in [-0.1, -0.05) is 99.9 Å². The molecule has 0 unspecified atom stereocenters. The lowest BCUT2D eigenvalue weighted by atomic mass is 10.0. The third kappa shape index (κ3) is 4.43. The predicted molar refractivity (Wildman–Crippen MR) is 103 cm³/mol. The Balaban J connectivity index is 1.90. The lowest BCUT2D eigenvalue weighted by Gasteiger charge is -2.13. The fraction of sp³-hybridized carbons (Fsp3) is 0.0476. The van der Waals surface area contributed by atoms with Crippen molar-refractivity contribution in [2.45, 2.75) is 4.83 Å². The molecule has 4 heteroatoms. The van der Waals surface area contributed by atoms with Gasteiger partial charge < -0.3 is 4.84 Å². The van der Waals surface area contributed by atoms with Crippen molar-refractivity contribution in [3.8, 4) is 0 Å². The standard InChI is InChI=1S/C21H16BrNO2/c22-19(16-10-4-1-5-11-16)20(17-12-6-2-7-13-17)23-25-21(24)18-14-8-3-9-15-18/h1-15,19H/b23-20-/t19-/m1/s1. The highest BCUT2D eigenvalue weighted by Crippen LogP contribution is 2.28. The molecule has 0 aliphatic heterocycles. The highest BCUT2D eigenvalue weighted by molar-refractivity contribution is 9.09. The van der Waals surface area contributed by atoms with Crippen molar-refractivity contribution >= 4 is 27.6 Å². The summed E-state index contributed by atoms with van der Waals surface area (Å²) in [5, 5.41) is 4.17. The van der Waals surface area contributed by atoms with Crippen molar-refractivity contribution in [2.24, 2.45) is 5.16 Å². The summed E-state index contributed by atoms with van der Waals surface area (Å²) in [4.78, 5) is 17.2. The molecule has 25 heavy (non-hydrogen) atoms. The van der Waals surface area contributed by atoms with Gasteiger partial charge in [-0.3, -0.25) is 0 Å². The number of hydrogen-bond acceptors (Lipinski definition) is 3. The van der Waals surface area contributed by atoms with Gasteiger partial charge in [0.2, 0.25) is 0 Å². The number of carbonyl (C=O) groups is 1. The molecule has 3 aromatic carbocycles. The summed E-state index contributed by atoms with van der Waals surface area (Å²) in [5.41, 5.74) is 3.01. The van der Waals surface area contributed by atoms with Gasteiger partial charge in [-0.2, -0.15) is 0 Å². The lowest BCUT2D eigenvalue weighted by Crippen LogP contribution is -2.11. The number of carbonyl (C=O) groups excluding carboxylic acids is 1. The Morgan fingerprint density at radius 2 is 1.24 bits per heavy atom. The summed E-state index contributed by atoms with van der Waals surface area (Å²) >= 11 is 3.67. The van der Waals surface area contributed by atoms with Crippen molar-refractivity contribution in [1.82, 2.24) is 0 Å². The van der Waals surface area contributed by atoms with Crippen molar-refractivity contribution in [2.75, 3.05) is 0 Å². The molecule has 0 spiro atoms. The van der Waals surface area contributed by atoms with Crippen LogP contribution < -0.4 is 0 Å². The highest BCUT2D eigenvalue weighted by Gasteiger charge is 2.18. The normalized spacial score (nSPS) is 12.4. The number of alkyl halides is 1. The van der Waals surface area contributed by atoms with E-state index in [0.29, 0.717) is 11.3 Å². The first kappa shape index (κ1) is 17.1. The summed E-state index contributed by atoms with van der Waals surface area (Å²) in [7, 11) is 0. The fourth-order valence-electron chi connectivity index (χ4n) is 2.35. The molecular weight excluding hydrogens is 378 g/mol. The molecule has 0 heterocycles. The van der Waals surface area contributed by atoms with Crippen LogP contribution in [0, 0.1) is 0 Å². The largest absolute Gasteiger partial charge is 0.365 e. The van der Waals surface area contributed by atoms with Gasteiger partial charge in [0.15, 0.2) is 0 Å². The number of rotatable bonds is 5. The maximum atomic E-state index is 12.2. The molecule has 0 amide bonds. The monoisotopic (exact) mass is 393 g/mol. The molecule has 124 valence electrons. The zero-order valence-corrected chi connectivity index (χ0v) is 15.0. The van der Waals surface area contributed by atoms with Crippen LogP contribution in [-0.4, -0.2) is 11.7 Å². The Kier molecular flexibility index (Phi) is 5.75. The Hall–Kier alpha value is -2.72. The Morgan fingerprint density at radius 3 is 1.80 bits per heavy atom. The third-order valence-electron chi connectivity index (χ3n) is 3.64. The van der Waals surface area contributed by atoms with Crippen LogP contribution >= 0.6 is 15.9 Å². The Labute approximate surface area is 155 Å². The molecule has 3 nitrogen and oxygen atoms in total. The molecule has 0 saturated carbocycles. The number of halogens is 1. The van der Waals surface area contributed by atoms with Gasteiger partial charge in [0.05, 0.1) is 10.4 Å². The van der Waals surface area contributed by atoms with Crippen molar-refractivity contribution in [3.05, 3.63) is 108 Å². The van der Waals surface area contributed by atoms with E-state index >= 15 is 0 Å². The first-order valence-corrected chi connectivity index (χ1v) is 8.76. The number of nitrogens with zero attached hydrogens (tertiary/aromatic N) is 1. The van der Waals surface area contributed by atoms with Crippen molar-refractivity contribution < 1.29 is 9.63 Å². The van der Waals surface area contributed by atoms with E-state index in [2.05, 4.69) is 21.1 Å². The van der Waals surface area contributed by atoms with Crippen LogP contribution in [0.25, 0.3) is 0 Å². The van der Waals surface area contributed by atoms with E-state index in [0.717, 1.165) is 11.1 Å². The molecule has 0 aliphatic carbocycles. The van der Waals surface area contributed by atoms with E-state index in [1.807, 2.05) is 66.7 Å². The van der Waals surface area contributed by atoms with E-state index in [4.69, 9.17) is 4.84 Å². The minimum Gasteiger partial charge on any atom is -0.312 e. The number of benzene rings is 3. The minimum absolute atomic E-state index is 0.195. The molecule has 0 radical (unpaired) electrons. The van der Waals surface area contributed by atoms with Crippen LogP contribution in [0.5, 0.6) is 0 Å². The quantitative estimate of drug-likeness (QED) is 0.252. The lowest BCUT2D eigenvalue weighted by molar-refractivity contribution is 0.0516. The van der Waals surface area contributed by atoms with Gasteiger partial charge >= 0.3 is 5.97 Å². The summed E-state index contributed by atoms with van der Waals surface area (Å²) in [5.74, 6) is -0.484. The van der Waals surface area contributed by atoms with Gasteiger partial charge in [0.1, 0.15) is 5.71 Å². The summed E-state index contributed by atoms with van der Waals surface area (Å²) in [6, 6.07) is 28.3. The SMILES string of the molecule is O=C(O/N=C(/c1ccccc1)[C@H](Br)c1ccccc1)c1ccccc1. The molecular formula is C21H16BrNO2. The van der Waals surface area contributed by atoms with Crippen LogP contribution in [-0.2, 0) is 4.84 Å².